The lowest BCUT2D eigenvalue weighted by Gasteiger charge is -2.22. The third-order valence-corrected chi connectivity index (χ3v) is 6.68. The number of rotatable bonds is 6. The zero-order valence-electron chi connectivity index (χ0n) is 15.7. The highest BCUT2D eigenvalue weighted by atomic mass is 32.2. The second-order valence-electron chi connectivity index (χ2n) is 6.92. The molecule has 0 heterocycles. The molecule has 140 valence electrons. The molecule has 0 aliphatic heterocycles. The van der Waals surface area contributed by atoms with Crippen LogP contribution in [0.15, 0.2) is 41.3 Å². The van der Waals surface area contributed by atoms with E-state index in [-0.39, 0.29) is 10.9 Å². The number of hydrogen-bond donors (Lipinski definition) is 1. The quantitative estimate of drug-likeness (QED) is 0.821. The van der Waals surface area contributed by atoms with Crippen LogP contribution >= 0.6 is 0 Å². The minimum Gasteiger partial charge on any atom is -0.495 e. The largest absolute Gasteiger partial charge is 0.495 e. The first-order valence-electron chi connectivity index (χ1n) is 9.24. The van der Waals surface area contributed by atoms with Gasteiger partial charge in [0.2, 0.25) is 10.0 Å². The van der Waals surface area contributed by atoms with E-state index in [1.807, 2.05) is 44.2 Å². The molecular weight excluding hydrogens is 346 g/mol. The van der Waals surface area contributed by atoms with E-state index in [2.05, 4.69) is 4.72 Å². The number of fused-ring (bicyclic) bond motifs is 1. The maximum atomic E-state index is 13.2. The van der Waals surface area contributed by atoms with Crippen LogP contribution in [0.2, 0.25) is 0 Å². The van der Waals surface area contributed by atoms with Gasteiger partial charge in [0.05, 0.1) is 7.11 Å². The first kappa shape index (κ1) is 18.9. The van der Waals surface area contributed by atoms with Gasteiger partial charge in [0, 0.05) is 6.04 Å². The summed E-state index contributed by atoms with van der Waals surface area (Å²) in [6.07, 6.45) is 4.84. The zero-order chi connectivity index (χ0) is 18.7. The van der Waals surface area contributed by atoms with E-state index in [1.54, 1.807) is 6.07 Å². The van der Waals surface area contributed by atoms with Crippen LogP contribution in [0.1, 0.15) is 54.5 Å². The molecule has 0 saturated heterocycles. The van der Waals surface area contributed by atoms with Crippen LogP contribution in [-0.2, 0) is 22.9 Å². The summed E-state index contributed by atoms with van der Waals surface area (Å²) in [6.45, 7) is 4.00. The zero-order valence-corrected chi connectivity index (χ0v) is 16.5. The summed E-state index contributed by atoms with van der Waals surface area (Å²) in [6, 6.07) is 11.3. The lowest BCUT2D eigenvalue weighted by Crippen LogP contribution is -2.29. The predicted octanol–water partition coefficient (Wildman–Crippen LogP) is 4.31. The van der Waals surface area contributed by atoms with E-state index in [0.29, 0.717) is 12.2 Å². The third-order valence-electron chi connectivity index (χ3n) is 5.19. The van der Waals surface area contributed by atoms with E-state index in [0.717, 1.165) is 42.4 Å². The van der Waals surface area contributed by atoms with Gasteiger partial charge in [-0.15, -0.1) is 0 Å². The second-order valence-corrected chi connectivity index (χ2v) is 8.60. The molecule has 5 heteroatoms. The Morgan fingerprint density at radius 1 is 1.12 bits per heavy atom. The monoisotopic (exact) mass is 373 g/mol. The summed E-state index contributed by atoms with van der Waals surface area (Å²) >= 11 is 0. The molecule has 0 fully saturated rings. The standard InChI is InChI=1S/C21H27NO3S/c1-4-19(18-12-8-5-9-15(18)2)22-26(23,24)21-14-17-11-7-6-10-16(17)13-20(21)25-3/h5,8-9,12-14,19,22H,4,6-7,10-11H2,1-3H3/t19-/m0/s1. The van der Waals surface area contributed by atoms with Crippen molar-refractivity contribution in [2.75, 3.05) is 7.11 Å². The Morgan fingerprint density at radius 3 is 2.38 bits per heavy atom. The van der Waals surface area contributed by atoms with E-state index in [9.17, 15) is 8.42 Å². The average Bonchev–Trinajstić information content (AvgIpc) is 2.65. The maximum absolute atomic E-state index is 13.2. The number of hydrogen-bond acceptors (Lipinski definition) is 3. The van der Waals surface area contributed by atoms with Crippen LogP contribution in [0.3, 0.4) is 0 Å². The average molecular weight is 374 g/mol. The SMILES string of the molecule is CC[C@H](NS(=O)(=O)c1cc2c(cc1OC)CCCC2)c1ccccc1C. The Hall–Kier alpha value is -1.85. The van der Waals surface area contributed by atoms with Gasteiger partial charge in [0.25, 0.3) is 0 Å². The molecule has 0 bridgehead atoms. The van der Waals surface area contributed by atoms with Crippen LogP contribution in [0.25, 0.3) is 0 Å². The molecule has 1 N–H and O–H groups in total. The number of benzene rings is 2. The lowest BCUT2D eigenvalue weighted by molar-refractivity contribution is 0.400. The van der Waals surface area contributed by atoms with Crippen LogP contribution in [0, 0.1) is 6.92 Å². The smallest absolute Gasteiger partial charge is 0.244 e. The van der Waals surface area contributed by atoms with Crippen molar-refractivity contribution in [3.05, 3.63) is 58.7 Å². The summed E-state index contributed by atoms with van der Waals surface area (Å²) in [5.74, 6) is 0.429. The molecule has 0 spiro atoms. The van der Waals surface area contributed by atoms with Crippen molar-refractivity contribution in [2.24, 2.45) is 0 Å². The summed E-state index contributed by atoms with van der Waals surface area (Å²) in [7, 11) is -2.16. The van der Waals surface area contributed by atoms with Crippen molar-refractivity contribution in [1.29, 1.82) is 0 Å². The fourth-order valence-corrected chi connectivity index (χ4v) is 5.20. The molecular formula is C21H27NO3S. The molecule has 0 saturated carbocycles. The highest BCUT2D eigenvalue weighted by Crippen LogP contribution is 2.33. The molecule has 1 aliphatic carbocycles. The predicted molar refractivity (Wildman–Crippen MR) is 104 cm³/mol. The molecule has 26 heavy (non-hydrogen) atoms. The molecule has 0 amide bonds. The van der Waals surface area contributed by atoms with Crippen molar-refractivity contribution in [1.82, 2.24) is 4.72 Å². The van der Waals surface area contributed by atoms with Gasteiger partial charge in [0.1, 0.15) is 10.6 Å². The van der Waals surface area contributed by atoms with Gasteiger partial charge in [-0.2, -0.15) is 0 Å². The molecule has 2 aromatic carbocycles. The molecule has 0 unspecified atom stereocenters. The number of methoxy groups -OCH3 is 1. The fourth-order valence-electron chi connectivity index (χ4n) is 3.71. The highest BCUT2D eigenvalue weighted by Gasteiger charge is 2.26. The Kier molecular flexibility index (Phi) is 5.68. The Morgan fingerprint density at radius 2 is 1.77 bits per heavy atom. The number of ether oxygens (including phenoxy) is 1. The van der Waals surface area contributed by atoms with Crippen molar-refractivity contribution in [3.8, 4) is 5.75 Å². The first-order valence-corrected chi connectivity index (χ1v) is 10.7. The van der Waals surface area contributed by atoms with Gasteiger partial charge in [-0.25, -0.2) is 13.1 Å². The Bertz CT molecular complexity index is 890. The summed E-state index contributed by atoms with van der Waals surface area (Å²) in [5, 5.41) is 0. The topological polar surface area (TPSA) is 55.4 Å². The van der Waals surface area contributed by atoms with Crippen molar-refractivity contribution < 1.29 is 13.2 Å². The highest BCUT2D eigenvalue weighted by molar-refractivity contribution is 7.89. The van der Waals surface area contributed by atoms with Crippen LogP contribution in [0.4, 0.5) is 0 Å². The minimum atomic E-state index is -3.69. The van der Waals surface area contributed by atoms with Gasteiger partial charge in [-0.3, -0.25) is 0 Å². The molecule has 0 aromatic heterocycles. The lowest BCUT2D eigenvalue weighted by atomic mass is 9.92. The summed E-state index contributed by atoms with van der Waals surface area (Å²) in [5.41, 5.74) is 4.43. The van der Waals surface area contributed by atoms with Gasteiger partial charge < -0.3 is 4.74 Å². The van der Waals surface area contributed by atoms with Crippen molar-refractivity contribution in [2.45, 2.75) is 56.9 Å². The number of aryl methyl sites for hydroxylation is 3. The van der Waals surface area contributed by atoms with Crippen molar-refractivity contribution in [3.63, 3.8) is 0 Å². The molecule has 2 aromatic rings. The van der Waals surface area contributed by atoms with Crippen LogP contribution < -0.4 is 9.46 Å². The fraction of sp³-hybridized carbons (Fsp3) is 0.429. The van der Waals surface area contributed by atoms with E-state index in [4.69, 9.17) is 4.74 Å². The van der Waals surface area contributed by atoms with E-state index in [1.165, 1.54) is 12.7 Å². The molecule has 3 rings (SSSR count). The number of nitrogens with one attached hydrogen (secondary N) is 1. The second kappa shape index (κ2) is 7.80. The van der Waals surface area contributed by atoms with Crippen LogP contribution in [-0.4, -0.2) is 15.5 Å². The Balaban J connectivity index is 1.98. The van der Waals surface area contributed by atoms with E-state index >= 15 is 0 Å². The van der Waals surface area contributed by atoms with Crippen LogP contribution in [0.5, 0.6) is 5.75 Å². The molecule has 1 atom stereocenters. The first-order chi connectivity index (χ1) is 12.5. The summed E-state index contributed by atoms with van der Waals surface area (Å²) in [4.78, 5) is 0.243. The van der Waals surface area contributed by atoms with Gasteiger partial charge in [-0.1, -0.05) is 31.2 Å². The van der Waals surface area contributed by atoms with Crippen molar-refractivity contribution >= 4 is 10.0 Å². The van der Waals surface area contributed by atoms with Gasteiger partial charge >= 0.3 is 0 Å². The Labute approximate surface area is 156 Å². The van der Waals surface area contributed by atoms with Gasteiger partial charge in [-0.05, 0) is 73.4 Å². The number of sulfonamides is 1. The molecule has 4 nitrogen and oxygen atoms in total. The normalized spacial score (nSPS) is 15.3. The third kappa shape index (κ3) is 3.79. The summed E-state index contributed by atoms with van der Waals surface area (Å²) < 4.78 is 34.6. The maximum Gasteiger partial charge on any atom is 0.244 e. The van der Waals surface area contributed by atoms with Gasteiger partial charge in [0.15, 0.2) is 0 Å². The molecule has 1 aliphatic rings. The minimum absolute atomic E-state index is 0.243. The molecule has 0 radical (unpaired) electrons. The van der Waals surface area contributed by atoms with E-state index < -0.39 is 10.0 Å².